The lowest BCUT2D eigenvalue weighted by Crippen LogP contribution is -2.19. The van der Waals surface area contributed by atoms with Gasteiger partial charge in [-0.25, -0.2) is 0 Å². The van der Waals surface area contributed by atoms with E-state index in [4.69, 9.17) is 0 Å². The quantitative estimate of drug-likeness (QED) is 0.533. The third-order valence-electron chi connectivity index (χ3n) is 3.34. The molecule has 14 heavy (non-hydrogen) atoms. The van der Waals surface area contributed by atoms with Crippen molar-refractivity contribution < 1.29 is 0 Å². The third-order valence-corrected chi connectivity index (χ3v) is 3.34. The Labute approximate surface area is 89.1 Å². The molecule has 0 saturated carbocycles. The smallest absolute Gasteiger partial charge is 0.0185 e. The highest BCUT2D eigenvalue weighted by Crippen LogP contribution is 2.33. The van der Waals surface area contributed by atoms with Crippen molar-refractivity contribution in [3.05, 3.63) is 24.8 Å². The van der Waals surface area contributed by atoms with E-state index in [0.29, 0.717) is 11.3 Å². The fourth-order valence-corrected chi connectivity index (χ4v) is 2.17. The number of hydrogen-bond donors (Lipinski definition) is 0. The van der Waals surface area contributed by atoms with Crippen molar-refractivity contribution in [2.45, 2.75) is 46.5 Å². The molecule has 2 atom stereocenters. The zero-order chi connectivity index (χ0) is 10.6. The van der Waals surface area contributed by atoms with E-state index >= 15 is 0 Å². The van der Waals surface area contributed by atoms with Gasteiger partial charge in [0, 0.05) is 0 Å². The Balaban J connectivity index is 2.60. The van der Waals surface area contributed by atoms with Crippen molar-refractivity contribution in [1.82, 2.24) is 0 Å². The van der Waals surface area contributed by atoms with Crippen LogP contribution in [-0.2, 0) is 0 Å². The SMILES string of the molecule is C=CC1C/C=C\C(C(C)(C)C)CCC1. The first kappa shape index (κ1) is 11.6. The topological polar surface area (TPSA) is 0 Å². The van der Waals surface area contributed by atoms with E-state index in [1.165, 1.54) is 25.7 Å². The Bertz CT molecular complexity index is 205. The summed E-state index contributed by atoms with van der Waals surface area (Å²) in [6.45, 7) is 10.9. The molecule has 0 aromatic carbocycles. The van der Waals surface area contributed by atoms with Crippen LogP contribution in [0, 0.1) is 17.3 Å². The van der Waals surface area contributed by atoms with E-state index in [2.05, 4.69) is 45.6 Å². The molecule has 0 amide bonds. The molecule has 1 aliphatic rings. The van der Waals surface area contributed by atoms with Gasteiger partial charge in [0.15, 0.2) is 0 Å². The van der Waals surface area contributed by atoms with Crippen LogP contribution in [-0.4, -0.2) is 0 Å². The third kappa shape index (κ3) is 3.32. The predicted octanol–water partition coefficient (Wildman–Crippen LogP) is 4.58. The van der Waals surface area contributed by atoms with Crippen molar-refractivity contribution in [3.8, 4) is 0 Å². The highest BCUT2D eigenvalue weighted by molar-refractivity contribution is 4.98. The Hall–Kier alpha value is -0.520. The van der Waals surface area contributed by atoms with Crippen LogP contribution in [0.4, 0.5) is 0 Å². The van der Waals surface area contributed by atoms with Crippen LogP contribution in [0.3, 0.4) is 0 Å². The van der Waals surface area contributed by atoms with Gasteiger partial charge in [0.05, 0.1) is 0 Å². The summed E-state index contributed by atoms with van der Waals surface area (Å²) in [6.07, 6.45) is 12.1. The van der Waals surface area contributed by atoms with Gasteiger partial charge in [0.1, 0.15) is 0 Å². The molecule has 0 aromatic heterocycles. The summed E-state index contributed by atoms with van der Waals surface area (Å²) in [5, 5.41) is 0. The van der Waals surface area contributed by atoms with Crippen LogP contribution < -0.4 is 0 Å². The molecule has 0 aromatic rings. The number of hydrogen-bond acceptors (Lipinski definition) is 0. The average molecular weight is 192 g/mol. The first-order chi connectivity index (χ1) is 6.54. The average Bonchev–Trinajstić information content (AvgIpc) is 2.01. The van der Waals surface area contributed by atoms with Gasteiger partial charge in [-0.1, -0.05) is 45.4 Å². The standard InChI is InChI=1S/C14H24/c1-5-12-8-6-10-13(11-7-9-12)14(2,3)4/h5-6,10,12-13H,1,7-9,11H2,2-4H3/b10-6-. The summed E-state index contributed by atoms with van der Waals surface area (Å²) >= 11 is 0. The van der Waals surface area contributed by atoms with Crippen LogP contribution in [0.2, 0.25) is 0 Å². The molecular weight excluding hydrogens is 168 g/mol. The summed E-state index contributed by atoms with van der Waals surface area (Å²) in [7, 11) is 0. The molecule has 0 spiro atoms. The number of allylic oxidation sites excluding steroid dienone is 3. The summed E-state index contributed by atoms with van der Waals surface area (Å²) in [4.78, 5) is 0. The summed E-state index contributed by atoms with van der Waals surface area (Å²) in [6, 6.07) is 0. The second-order valence-electron chi connectivity index (χ2n) is 5.56. The van der Waals surface area contributed by atoms with Gasteiger partial charge >= 0.3 is 0 Å². The Kier molecular flexibility index (Phi) is 3.97. The van der Waals surface area contributed by atoms with Crippen molar-refractivity contribution in [2.24, 2.45) is 17.3 Å². The zero-order valence-corrected chi connectivity index (χ0v) is 9.92. The zero-order valence-electron chi connectivity index (χ0n) is 9.92. The second-order valence-corrected chi connectivity index (χ2v) is 5.56. The number of rotatable bonds is 1. The Morgan fingerprint density at radius 1 is 1.29 bits per heavy atom. The Morgan fingerprint density at radius 2 is 2.00 bits per heavy atom. The highest BCUT2D eigenvalue weighted by atomic mass is 14.3. The lowest BCUT2D eigenvalue weighted by atomic mass is 9.76. The van der Waals surface area contributed by atoms with E-state index in [9.17, 15) is 0 Å². The van der Waals surface area contributed by atoms with E-state index in [-0.39, 0.29) is 0 Å². The Morgan fingerprint density at radius 3 is 2.57 bits per heavy atom. The molecule has 0 saturated heterocycles. The molecule has 1 rings (SSSR count). The van der Waals surface area contributed by atoms with Crippen molar-refractivity contribution in [2.75, 3.05) is 0 Å². The largest absolute Gasteiger partial charge is 0.103 e. The van der Waals surface area contributed by atoms with Crippen molar-refractivity contribution >= 4 is 0 Å². The van der Waals surface area contributed by atoms with E-state index < -0.39 is 0 Å². The van der Waals surface area contributed by atoms with Gasteiger partial charge in [-0.15, -0.1) is 6.58 Å². The predicted molar refractivity (Wildman–Crippen MR) is 64.2 cm³/mol. The molecule has 1 aliphatic carbocycles. The summed E-state index contributed by atoms with van der Waals surface area (Å²) in [5.41, 5.74) is 0.428. The maximum atomic E-state index is 3.89. The molecule has 0 bridgehead atoms. The molecule has 2 unspecified atom stereocenters. The molecule has 0 fully saturated rings. The molecule has 0 heteroatoms. The second kappa shape index (κ2) is 4.82. The van der Waals surface area contributed by atoms with Crippen LogP contribution in [0.1, 0.15) is 46.5 Å². The maximum Gasteiger partial charge on any atom is -0.0185 e. The van der Waals surface area contributed by atoms with E-state index in [0.717, 1.165) is 5.92 Å². The minimum Gasteiger partial charge on any atom is -0.103 e. The molecule has 0 aliphatic heterocycles. The monoisotopic (exact) mass is 192 g/mol. The van der Waals surface area contributed by atoms with Crippen LogP contribution in [0.5, 0.6) is 0 Å². The van der Waals surface area contributed by atoms with Crippen LogP contribution >= 0.6 is 0 Å². The van der Waals surface area contributed by atoms with Crippen LogP contribution in [0.25, 0.3) is 0 Å². The van der Waals surface area contributed by atoms with E-state index in [1.807, 2.05) is 0 Å². The van der Waals surface area contributed by atoms with Crippen molar-refractivity contribution in [3.63, 3.8) is 0 Å². The molecule has 0 N–H and O–H groups in total. The van der Waals surface area contributed by atoms with Gasteiger partial charge < -0.3 is 0 Å². The molecule has 0 heterocycles. The summed E-state index contributed by atoms with van der Waals surface area (Å²) in [5.74, 6) is 1.47. The fraction of sp³-hybridized carbons (Fsp3) is 0.714. The van der Waals surface area contributed by atoms with Crippen LogP contribution in [0.15, 0.2) is 24.8 Å². The minimum absolute atomic E-state index is 0.428. The maximum absolute atomic E-state index is 3.89. The lowest BCUT2D eigenvalue weighted by molar-refractivity contribution is 0.264. The lowest BCUT2D eigenvalue weighted by Gasteiger charge is -2.30. The molecular formula is C14H24. The molecule has 0 nitrogen and oxygen atoms in total. The molecule has 0 radical (unpaired) electrons. The van der Waals surface area contributed by atoms with Crippen molar-refractivity contribution in [1.29, 1.82) is 0 Å². The summed E-state index contributed by atoms with van der Waals surface area (Å²) < 4.78 is 0. The highest BCUT2D eigenvalue weighted by Gasteiger charge is 2.22. The normalized spacial score (nSPS) is 31.6. The first-order valence-corrected chi connectivity index (χ1v) is 5.83. The van der Waals surface area contributed by atoms with Gasteiger partial charge in [-0.05, 0) is 36.5 Å². The first-order valence-electron chi connectivity index (χ1n) is 5.83. The van der Waals surface area contributed by atoms with Gasteiger partial charge in [-0.3, -0.25) is 0 Å². The van der Waals surface area contributed by atoms with Gasteiger partial charge in [0.2, 0.25) is 0 Å². The van der Waals surface area contributed by atoms with Gasteiger partial charge in [-0.2, -0.15) is 0 Å². The van der Waals surface area contributed by atoms with E-state index in [1.54, 1.807) is 0 Å². The fourth-order valence-electron chi connectivity index (χ4n) is 2.17. The minimum atomic E-state index is 0.428. The molecule has 80 valence electrons. The van der Waals surface area contributed by atoms with Gasteiger partial charge in [0.25, 0.3) is 0 Å².